The van der Waals surface area contributed by atoms with Crippen molar-refractivity contribution in [3.63, 3.8) is 0 Å². The number of halogens is 3. The third-order valence-electron chi connectivity index (χ3n) is 2.23. The van der Waals surface area contributed by atoms with Crippen molar-refractivity contribution in [1.29, 1.82) is 0 Å². The van der Waals surface area contributed by atoms with E-state index in [4.69, 9.17) is 5.11 Å². The summed E-state index contributed by atoms with van der Waals surface area (Å²) in [6.07, 6.45) is -4.89. The van der Waals surface area contributed by atoms with Gasteiger partial charge in [-0.05, 0) is 12.5 Å². The molecule has 0 spiro atoms. The molecule has 84 valence electrons. The molecule has 0 saturated heterocycles. The second-order valence-electron chi connectivity index (χ2n) is 3.38. The maximum Gasteiger partial charge on any atom is 0.423 e. The Balaban J connectivity index is 3.18. The molecule has 0 saturated carbocycles. The number of aliphatic hydroxyl groups excluding tert-OH is 1. The van der Waals surface area contributed by atoms with Crippen molar-refractivity contribution < 1.29 is 23.4 Å². The topological polar surface area (TPSA) is 40.5 Å². The molecule has 0 aliphatic heterocycles. The van der Waals surface area contributed by atoms with Gasteiger partial charge in [0.15, 0.2) is 0 Å². The summed E-state index contributed by atoms with van der Waals surface area (Å²) in [5, 5.41) is 18.0. The van der Waals surface area contributed by atoms with Crippen LogP contribution in [0.15, 0.2) is 24.3 Å². The fraction of sp³-hybridized carbons (Fsp3) is 0.400. The summed E-state index contributed by atoms with van der Waals surface area (Å²) in [4.78, 5) is 0. The van der Waals surface area contributed by atoms with Crippen molar-refractivity contribution in [2.75, 3.05) is 6.61 Å². The van der Waals surface area contributed by atoms with Crippen molar-refractivity contribution >= 4 is 0 Å². The van der Waals surface area contributed by atoms with Crippen LogP contribution in [0.4, 0.5) is 13.2 Å². The van der Waals surface area contributed by atoms with Crippen LogP contribution in [0.3, 0.4) is 0 Å². The van der Waals surface area contributed by atoms with Crippen LogP contribution in [-0.2, 0) is 5.60 Å². The third-order valence-corrected chi connectivity index (χ3v) is 2.23. The monoisotopic (exact) mass is 220 g/mol. The lowest BCUT2D eigenvalue weighted by atomic mass is 9.93. The molecule has 15 heavy (non-hydrogen) atoms. The molecule has 0 aliphatic carbocycles. The zero-order valence-electron chi connectivity index (χ0n) is 8.04. The summed E-state index contributed by atoms with van der Waals surface area (Å²) in [7, 11) is 0. The minimum absolute atomic E-state index is 0.358. The van der Waals surface area contributed by atoms with Crippen molar-refractivity contribution in [3.8, 4) is 0 Å². The molecule has 1 unspecified atom stereocenters. The summed E-state index contributed by atoms with van der Waals surface area (Å²) in [6, 6.07) is 5.20. The molecule has 1 atom stereocenters. The molecule has 0 heterocycles. The Morgan fingerprint density at radius 3 is 1.93 bits per heavy atom. The Bertz CT molecular complexity index is 332. The molecule has 0 aromatic heterocycles. The van der Waals surface area contributed by atoms with E-state index in [0.717, 1.165) is 17.7 Å². The Hall–Kier alpha value is -1.07. The van der Waals surface area contributed by atoms with Crippen LogP contribution in [0.25, 0.3) is 0 Å². The highest BCUT2D eigenvalue weighted by Gasteiger charge is 2.54. The van der Waals surface area contributed by atoms with Crippen LogP contribution in [0.1, 0.15) is 11.1 Å². The molecular formula is C10H11F3O2. The lowest BCUT2D eigenvalue weighted by Gasteiger charge is -2.28. The predicted molar refractivity (Wildman–Crippen MR) is 48.2 cm³/mol. The average molecular weight is 220 g/mol. The molecular weight excluding hydrogens is 209 g/mol. The van der Waals surface area contributed by atoms with Crippen molar-refractivity contribution in [2.24, 2.45) is 0 Å². The second-order valence-corrected chi connectivity index (χ2v) is 3.38. The number of hydrogen-bond donors (Lipinski definition) is 2. The molecule has 0 amide bonds. The predicted octanol–water partition coefficient (Wildman–Crippen LogP) is 1.74. The molecule has 0 bridgehead atoms. The number of rotatable bonds is 2. The molecule has 0 aliphatic rings. The quantitative estimate of drug-likeness (QED) is 0.796. The Kier molecular flexibility index (Phi) is 3.06. The molecule has 1 rings (SSSR count). The van der Waals surface area contributed by atoms with Gasteiger partial charge in [-0.25, -0.2) is 0 Å². The largest absolute Gasteiger partial charge is 0.423 e. The van der Waals surface area contributed by atoms with Crippen molar-refractivity contribution in [3.05, 3.63) is 35.4 Å². The van der Waals surface area contributed by atoms with E-state index in [9.17, 15) is 18.3 Å². The summed E-state index contributed by atoms with van der Waals surface area (Å²) in [6.45, 7) is 0.328. The molecule has 2 N–H and O–H groups in total. The van der Waals surface area contributed by atoms with Crippen molar-refractivity contribution in [1.82, 2.24) is 0 Å². The van der Waals surface area contributed by atoms with Gasteiger partial charge in [-0.15, -0.1) is 0 Å². The van der Waals surface area contributed by atoms with Crippen molar-refractivity contribution in [2.45, 2.75) is 18.7 Å². The number of aryl methyl sites for hydroxylation is 1. The van der Waals surface area contributed by atoms with Gasteiger partial charge in [0.1, 0.15) is 0 Å². The average Bonchev–Trinajstić information content (AvgIpc) is 2.16. The van der Waals surface area contributed by atoms with Gasteiger partial charge in [0.05, 0.1) is 6.61 Å². The third kappa shape index (κ3) is 2.13. The lowest BCUT2D eigenvalue weighted by Crippen LogP contribution is -2.45. The van der Waals surface area contributed by atoms with Crippen LogP contribution in [0.5, 0.6) is 0 Å². The Morgan fingerprint density at radius 1 is 1.13 bits per heavy atom. The lowest BCUT2D eigenvalue weighted by molar-refractivity contribution is -0.277. The Labute approximate surface area is 85.0 Å². The molecule has 0 fully saturated rings. The highest BCUT2D eigenvalue weighted by Crippen LogP contribution is 2.38. The maximum absolute atomic E-state index is 12.5. The van der Waals surface area contributed by atoms with Crippen LogP contribution in [-0.4, -0.2) is 23.0 Å². The van der Waals surface area contributed by atoms with E-state index in [0.29, 0.717) is 0 Å². The zero-order chi connectivity index (χ0) is 11.7. The first-order valence-corrected chi connectivity index (χ1v) is 4.28. The first-order valence-electron chi connectivity index (χ1n) is 4.28. The van der Waals surface area contributed by atoms with Crippen LogP contribution >= 0.6 is 0 Å². The molecule has 1 aromatic rings. The number of benzene rings is 1. The first kappa shape index (κ1) is 12.0. The van der Waals surface area contributed by atoms with E-state index >= 15 is 0 Å². The summed E-state index contributed by atoms with van der Waals surface area (Å²) < 4.78 is 37.4. The van der Waals surface area contributed by atoms with E-state index in [2.05, 4.69) is 0 Å². The van der Waals surface area contributed by atoms with Gasteiger partial charge in [0.25, 0.3) is 0 Å². The zero-order valence-corrected chi connectivity index (χ0v) is 8.04. The summed E-state index contributed by atoms with van der Waals surface area (Å²) >= 11 is 0. The molecule has 2 nitrogen and oxygen atoms in total. The SMILES string of the molecule is Cc1ccc(C(O)(CO)C(F)(F)F)cc1. The molecule has 5 heteroatoms. The van der Waals surface area contributed by atoms with Gasteiger partial charge >= 0.3 is 6.18 Å². The number of aliphatic hydroxyl groups is 2. The fourth-order valence-electron chi connectivity index (χ4n) is 1.17. The van der Waals surface area contributed by atoms with Gasteiger partial charge in [-0.3, -0.25) is 0 Å². The normalized spacial score (nSPS) is 16.1. The molecule has 1 aromatic carbocycles. The maximum atomic E-state index is 12.5. The van der Waals surface area contributed by atoms with E-state index < -0.39 is 18.4 Å². The highest BCUT2D eigenvalue weighted by atomic mass is 19.4. The van der Waals surface area contributed by atoms with E-state index in [1.165, 1.54) is 12.1 Å². The first-order chi connectivity index (χ1) is 6.81. The highest BCUT2D eigenvalue weighted by molar-refractivity contribution is 5.28. The minimum atomic E-state index is -4.89. The molecule has 0 radical (unpaired) electrons. The van der Waals surface area contributed by atoms with Gasteiger partial charge in [0, 0.05) is 0 Å². The van der Waals surface area contributed by atoms with Gasteiger partial charge in [-0.2, -0.15) is 13.2 Å². The van der Waals surface area contributed by atoms with E-state index in [1.807, 2.05) is 0 Å². The number of hydrogen-bond acceptors (Lipinski definition) is 2. The van der Waals surface area contributed by atoms with Gasteiger partial charge in [-0.1, -0.05) is 29.8 Å². The summed E-state index contributed by atoms with van der Waals surface area (Å²) in [5.41, 5.74) is -2.76. The van der Waals surface area contributed by atoms with Gasteiger partial charge in [0.2, 0.25) is 5.60 Å². The standard InChI is InChI=1S/C10H11F3O2/c1-7-2-4-8(5-3-7)9(15,6-14)10(11,12)13/h2-5,14-15H,6H2,1H3. The van der Waals surface area contributed by atoms with E-state index in [1.54, 1.807) is 6.92 Å². The number of alkyl halides is 3. The fourth-order valence-corrected chi connectivity index (χ4v) is 1.17. The van der Waals surface area contributed by atoms with Crippen LogP contribution in [0, 0.1) is 6.92 Å². The second kappa shape index (κ2) is 3.83. The van der Waals surface area contributed by atoms with Crippen LogP contribution in [0.2, 0.25) is 0 Å². The Morgan fingerprint density at radius 2 is 1.60 bits per heavy atom. The smallest absolute Gasteiger partial charge is 0.393 e. The van der Waals surface area contributed by atoms with Crippen LogP contribution < -0.4 is 0 Å². The van der Waals surface area contributed by atoms with Gasteiger partial charge < -0.3 is 10.2 Å². The summed E-state index contributed by atoms with van der Waals surface area (Å²) in [5.74, 6) is 0. The van der Waals surface area contributed by atoms with E-state index in [-0.39, 0.29) is 5.56 Å². The minimum Gasteiger partial charge on any atom is -0.393 e.